The van der Waals surface area contributed by atoms with Gasteiger partial charge in [-0.2, -0.15) is 0 Å². The normalized spacial score (nSPS) is 15.2. The third kappa shape index (κ3) is 8.27. The quantitative estimate of drug-likeness (QED) is 0.262. The number of carbonyl (C=O) groups is 3. The van der Waals surface area contributed by atoms with Gasteiger partial charge in [-0.1, -0.05) is 48.5 Å². The number of aryl methyl sites for hydroxylation is 2. The van der Waals surface area contributed by atoms with Crippen molar-refractivity contribution in [3.05, 3.63) is 112 Å². The van der Waals surface area contributed by atoms with Crippen molar-refractivity contribution >= 4 is 29.9 Å². The summed E-state index contributed by atoms with van der Waals surface area (Å²) in [5.41, 5.74) is 7.87. The topological polar surface area (TPSA) is 90.9 Å². The number of nitrogens with one attached hydrogen (secondary N) is 1. The maximum absolute atomic E-state index is 11.4. The van der Waals surface area contributed by atoms with E-state index in [1.54, 1.807) is 19.3 Å². The van der Waals surface area contributed by atoms with E-state index in [1.807, 2.05) is 30.3 Å². The van der Waals surface area contributed by atoms with E-state index in [2.05, 4.69) is 45.1 Å². The van der Waals surface area contributed by atoms with Crippen LogP contribution < -0.4 is 10.1 Å². The number of hydrogen-bond acceptors (Lipinski definition) is 7. The van der Waals surface area contributed by atoms with Crippen LogP contribution >= 0.6 is 0 Å². The minimum absolute atomic E-state index is 0.207. The zero-order chi connectivity index (χ0) is 29.9. The predicted octanol–water partition coefficient (Wildman–Crippen LogP) is 5.70. The lowest BCUT2D eigenvalue weighted by Crippen LogP contribution is -2.21. The van der Waals surface area contributed by atoms with Gasteiger partial charge in [-0.3, -0.25) is 4.79 Å². The molecule has 7 nitrogen and oxygen atoms in total. The number of Topliss-reactive ketones (excluding diaryl/α,β-unsaturated/α-hetero) is 1. The van der Waals surface area contributed by atoms with Crippen LogP contribution in [0.25, 0.3) is 12.2 Å². The zero-order valence-corrected chi connectivity index (χ0v) is 24.4. The number of hydrogen-bond donors (Lipinski definition) is 1. The standard InChI is InChI=1S/C22H25NO3.C13H12O3/c1-25-19-8-3-16(4-9-19)13-14-23-21-11-7-18-15-17(5-10-20(18)21)6-12-22(24)26-2;1-16-13(15)7-3-9-2-5-11-10(8-9)4-6-12(11)14/h3-6,8-10,12,15,21,23H,7,11,13-14H2,1-2H3;2-3,5,7-8H,4,6H2,1H3/b12-6+;7-3+. The third-order valence-corrected chi connectivity index (χ3v) is 7.49. The fourth-order valence-electron chi connectivity index (χ4n) is 5.18. The fraction of sp³-hybridized carbons (Fsp3) is 0.286. The van der Waals surface area contributed by atoms with Gasteiger partial charge in [0.05, 0.1) is 21.3 Å². The second-order valence-electron chi connectivity index (χ2n) is 10.2. The monoisotopic (exact) mass is 567 g/mol. The van der Waals surface area contributed by atoms with Crippen molar-refractivity contribution in [3.8, 4) is 5.75 Å². The van der Waals surface area contributed by atoms with Gasteiger partial charge in [0.25, 0.3) is 0 Å². The molecule has 7 heteroatoms. The summed E-state index contributed by atoms with van der Waals surface area (Å²) in [4.78, 5) is 33.5. The molecule has 0 spiro atoms. The summed E-state index contributed by atoms with van der Waals surface area (Å²) in [7, 11) is 4.41. The number of ether oxygens (including phenoxy) is 3. The molecule has 0 aromatic heterocycles. The average molecular weight is 568 g/mol. The molecular formula is C35H37NO6. The summed E-state index contributed by atoms with van der Waals surface area (Å²) in [5.74, 6) is 0.391. The molecule has 2 aliphatic carbocycles. The molecule has 0 aliphatic heterocycles. The fourth-order valence-corrected chi connectivity index (χ4v) is 5.18. The van der Waals surface area contributed by atoms with E-state index >= 15 is 0 Å². The maximum atomic E-state index is 11.4. The van der Waals surface area contributed by atoms with Crippen LogP contribution in [0.3, 0.4) is 0 Å². The molecule has 0 saturated carbocycles. The van der Waals surface area contributed by atoms with Crippen molar-refractivity contribution in [1.82, 2.24) is 5.32 Å². The van der Waals surface area contributed by atoms with Crippen LogP contribution in [0.2, 0.25) is 0 Å². The molecule has 3 aromatic rings. The predicted molar refractivity (Wildman–Crippen MR) is 163 cm³/mol. The molecule has 1 unspecified atom stereocenters. The van der Waals surface area contributed by atoms with Crippen molar-refractivity contribution < 1.29 is 28.6 Å². The van der Waals surface area contributed by atoms with Crippen LogP contribution in [0.5, 0.6) is 5.75 Å². The summed E-state index contributed by atoms with van der Waals surface area (Å²) >= 11 is 0. The van der Waals surface area contributed by atoms with Crippen LogP contribution in [0, 0.1) is 0 Å². The van der Waals surface area contributed by atoms with E-state index in [9.17, 15) is 14.4 Å². The molecule has 5 rings (SSSR count). The first-order valence-corrected chi connectivity index (χ1v) is 14.1. The average Bonchev–Trinajstić information content (AvgIpc) is 3.61. The highest BCUT2D eigenvalue weighted by Gasteiger charge is 2.22. The van der Waals surface area contributed by atoms with E-state index < -0.39 is 0 Å². The Labute approximate surface area is 247 Å². The summed E-state index contributed by atoms with van der Waals surface area (Å²) in [6.07, 6.45) is 10.9. The van der Waals surface area contributed by atoms with Crippen LogP contribution in [0.1, 0.15) is 62.6 Å². The van der Waals surface area contributed by atoms with Gasteiger partial charge in [-0.25, -0.2) is 9.59 Å². The molecule has 1 atom stereocenters. The number of ketones is 1. The molecule has 3 aromatic carbocycles. The lowest BCUT2D eigenvalue weighted by atomic mass is 10.0. The Bertz CT molecular complexity index is 1470. The smallest absolute Gasteiger partial charge is 0.330 e. The lowest BCUT2D eigenvalue weighted by molar-refractivity contribution is -0.135. The van der Waals surface area contributed by atoms with Crippen LogP contribution in [-0.4, -0.2) is 45.6 Å². The van der Waals surface area contributed by atoms with Gasteiger partial charge in [-0.05, 0) is 89.9 Å². The Balaban J connectivity index is 0.000000216. The van der Waals surface area contributed by atoms with Gasteiger partial charge >= 0.3 is 11.9 Å². The highest BCUT2D eigenvalue weighted by Crippen LogP contribution is 2.32. The first-order valence-electron chi connectivity index (χ1n) is 14.1. The first kappa shape index (κ1) is 30.5. The Morgan fingerprint density at radius 3 is 2.10 bits per heavy atom. The van der Waals surface area contributed by atoms with Crippen molar-refractivity contribution in [2.24, 2.45) is 0 Å². The van der Waals surface area contributed by atoms with Gasteiger partial charge in [0, 0.05) is 30.2 Å². The molecule has 0 radical (unpaired) electrons. The van der Waals surface area contributed by atoms with Gasteiger partial charge < -0.3 is 19.5 Å². The number of benzene rings is 3. The second kappa shape index (κ2) is 14.9. The van der Waals surface area contributed by atoms with Crippen molar-refractivity contribution in [1.29, 1.82) is 0 Å². The Kier molecular flexibility index (Phi) is 10.8. The zero-order valence-electron chi connectivity index (χ0n) is 24.4. The SMILES string of the molecule is COC(=O)/C=C/c1ccc2c(c1)CCC2=O.COC(=O)/C=C/c1ccc2c(c1)CCC2NCCc1ccc(OC)cc1. The number of esters is 2. The molecule has 2 aliphatic rings. The molecule has 0 bridgehead atoms. The summed E-state index contributed by atoms with van der Waals surface area (Å²) in [5, 5.41) is 3.67. The van der Waals surface area contributed by atoms with Gasteiger partial charge in [-0.15, -0.1) is 0 Å². The molecule has 0 heterocycles. The number of carbonyl (C=O) groups excluding carboxylic acids is 3. The minimum atomic E-state index is -0.378. The number of rotatable bonds is 9. The first-order chi connectivity index (χ1) is 20.4. The number of fused-ring (bicyclic) bond motifs is 2. The van der Waals surface area contributed by atoms with Gasteiger partial charge in [0.2, 0.25) is 0 Å². The third-order valence-electron chi connectivity index (χ3n) is 7.49. The highest BCUT2D eigenvalue weighted by atomic mass is 16.5. The van der Waals surface area contributed by atoms with Gasteiger partial charge in [0.1, 0.15) is 5.75 Å². The highest BCUT2D eigenvalue weighted by molar-refractivity contribution is 6.00. The lowest BCUT2D eigenvalue weighted by Gasteiger charge is -2.14. The summed E-state index contributed by atoms with van der Waals surface area (Å²) in [6.45, 7) is 0.945. The molecule has 0 fully saturated rings. The van der Waals surface area contributed by atoms with E-state index in [1.165, 1.54) is 43.1 Å². The molecular weight excluding hydrogens is 530 g/mol. The maximum Gasteiger partial charge on any atom is 0.330 e. The van der Waals surface area contributed by atoms with Crippen LogP contribution in [-0.2, 0) is 38.3 Å². The molecule has 218 valence electrons. The van der Waals surface area contributed by atoms with Crippen LogP contribution in [0.4, 0.5) is 0 Å². The minimum Gasteiger partial charge on any atom is -0.497 e. The Hall–Kier alpha value is -4.49. The van der Waals surface area contributed by atoms with Crippen molar-refractivity contribution in [3.63, 3.8) is 0 Å². The van der Waals surface area contributed by atoms with Crippen LogP contribution in [0.15, 0.2) is 72.8 Å². The molecule has 42 heavy (non-hydrogen) atoms. The van der Waals surface area contributed by atoms with E-state index in [0.717, 1.165) is 60.2 Å². The van der Waals surface area contributed by atoms with Gasteiger partial charge in [0.15, 0.2) is 5.78 Å². The number of methoxy groups -OCH3 is 3. The second-order valence-corrected chi connectivity index (χ2v) is 10.2. The largest absolute Gasteiger partial charge is 0.497 e. The summed E-state index contributed by atoms with van der Waals surface area (Å²) < 4.78 is 14.3. The summed E-state index contributed by atoms with van der Waals surface area (Å²) in [6, 6.07) is 20.6. The van der Waals surface area contributed by atoms with E-state index in [0.29, 0.717) is 12.5 Å². The van der Waals surface area contributed by atoms with Crippen molar-refractivity contribution in [2.45, 2.75) is 38.1 Å². The Morgan fingerprint density at radius 1 is 0.810 bits per heavy atom. The Morgan fingerprint density at radius 2 is 1.45 bits per heavy atom. The molecule has 1 N–H and O–H groups in total. The van der Waals surface area contributed by atoms with E-state index in [-0.39, 0.29) is 17.7 Å². The molecule has 0 saturated heterocycles. The van der Waals surface area contributed by atoms with E-state index in [4.69, 9.17) is 4.74 Å². The van der Waals surface area contributed by atoms with Crippen molar-refractivity contribution in [2.75, 3.05) is 27.9 Å². The molecule has 0 amide bonds.